The third kappa shape index (κ3) is 1.64. The molecule has 1 aromatic rings. The van der Waals surface area contributed by atoms with E-state index in [1.165, 1.54) is 19.1 Å². The quantitative estimate of drug-likeness (QED) is 0.549. The predicted octanol–water partition coefficient (Wildman–Crippen LogP) is 2.27. The zero-order chi connectivity index (χ0) is 11.9. The van der Waals surface area contributed by atoms with E-state index in [4.69, 9.17) is 4.74 Å². The summed E-state index contributed by atoms with van der Waals surface area (Å²) in [6.45, 7) is 0.443. The van der Waals surface area contributed by atoms with E-state index in [2.05, 4.69) is 4.74 Å². The SMILES string of the molecule is Cc1c([N+](=O)[O-])ccc2c1OC(F)(F)CO2. The number of hydrogen-bond acceptors (Lipinski definition) is 4. The van der Waals surface area contributed by atoms with Crippen molar-refractivity contribution in [3.8, 4) is 11.5 Å². The van der Waals surface area contributed by atoms with E-state index in [-0.39, 0.29) is 22.7 Å². The van der Waals surface area contributed by atoms with Crippen LogP contribution in [0.1, 0.15) is 5.56 Å². The number of rotatable bonds is 1. The van der Waals surface area contributed by atoms with E-state index in [0.29, 0.717) is 0 Å². The van der Waals surface area contributed by atoms with Gasteiger partial charge in [-0.1, -0.05) is 0 Å². The molecule has 0 bridgehead atoms. The van der Waals surface area contributed by atoms with Crippen LogP contribution in [-0.4, -0.2) is 17.6 Å². The van der Waals surface area contributed by atoms with Crippen LogP contribution in [0.5, 0.6) is 11.5 Å². The van der Waals surface area contributed by atoms with Crippen LogP contribution in [0.4, 0.5) is 14.5 Å². The first kappa shape index (κ1) is 10.6. The lowest BCUT2D eigenvalue weighted by atomic mass is 10.1. The molecule has 0 saturated carbocycles. The smallest absolute Gasteiger partial charge is 0.433 e. The fourth-order valence-electron chi connectivity index (χ4n) is 1.44. The molecule has 0 radical (unpaired) electrons. The van der Waals surface area contributed by atoms with Crippen LogP contribution in [0.2, 0.25) is 0 Å². The maximum Gasteiger partial charge on any atom is 0.433 e. The van der Waals surface area contributed by atoms with Gasteiger partial charge in [-0.2, -0.15) is 8.78 Å². The lowest BCUT2D eigenvalue weighted by molar-refractivity contribution is -0.385. The van der Waals surface area contributed by atoms with Gasteiger partial charge in [0.15, 0.2) is 18.1 Å². The summed E-state index contributed by atoms with van der Waals surface area (Å²) in [5.74, 6) is -0.181. The standard InChI is InChI=1S/C9H7F2NO4/c1-5-6(12(13)14)2-3-7-8(5)16-9(10,11)4-15-7/h2-3H,4H2,1H3. The Balaban J connectivity index is 2.52. The zero-order valence-electron chi connectivity index (χ0n) is 8.20. The number of hydrogen-bond donors (Lipinski definition) is 0. The minimum absolute atomic E-state index is 0.0295. The third-order valence-electron chi connectivity index (χ3n) is 2.18. The molecule has 2 rings (SSSR count). The van der Waals surface area contributed by atoms with Gasteiger partial charge < -0.3 is 9.47 Å². The first-order valence-corrected chi connectivity index (χ1v) is 4.38. The summed E-state index contributed by atoms with van der Waals surface area (Å²) >= 11 is 0. The lowest BCUT2D eigenvalue weighted by Crippen LogP contribution is -2.36. The largest absolute Gasteiger partial charge is 0.479 e. The molecule has 5 nitrogen and oxygen atoms in total. The average Bonchev–Trinajstić information content (AvgIpc) is 2.18. The molecule has 0 amide bonds. The molecule has 1 heterocycles. The van der Waals surface area contributed by atoms with Crippen LogP contribution in [0.15, 0.2) is 12.1 Å². The molecule has 0 saturated heterocycles. The molecular formula is C9H7F2NO4. The summed E-state index contributed by atoms with van der Waals surface area (Å²) in [5.41, 5.74) is -0.248. The lowest BCUT2D eigenvalue weighted by Gasteiger charge is -2.26. The monoisotopic (exact) mass is 231 g/mol. The topological polar surface area (TPSA) is 61.6 Å². The van der Waals surface area contributed by atoms with Crippen LogP contribution >= 0.6 is 0 Å². The molecule has 0 N–H and O–H groups in total. The van der Waals surface area contributed by atoms with Crippen molar-refractivity contribution in [3.05, 3.63) is 27.8 Å². The molecule has 86 valence electrons. The highest BCUT2D eigenvalue weighted by molar-refractivity contribution is 5.57. The van der Waals surface area contributed by atoms with E-state index >= 15 is 0 Å². The highest BCUT2D eigenvalue weighted by Gasteiger charge is 2.40. The van der Waals surface area contributed by atoms with Gasteiger partial charge in [-0.25, -0.2) is 0 Å². The third-order valence-corrected chi connectivity index (χ3v) is 2.18. The van der Waals surface area contributed by atoms with Crippen LogP contribution < -0.4 is 9.47 Å². The van der Waals surface area contributed by atoms with Gasteiger partial charge in [0.05, 0.1) is 10.5 Å². The summed E-state index contributed by atoms with van der Waals surface area (Å²) in [6.07, 6.45) is -3.45. The van der Waals surface area contributed by atoms with E-state index in [9.17, 15) is 18.9 Å². The second-order valence-electron chi connectivity index (χ2n) is 3.32. The van der Waals surface area contributed by atoms with Gasteiger partial charge in [0, 0.05) is 6.07 Å². The molecule has 0 atom stereocenters. The molecule has 1 aliphatic rings. The van der Waals surface area contributed by atoms with Gasteiger partial charge in [-0.3, -0.25) is 10.1 Å². The number of nitrogens with zero attached hydrogens (tertiary/aromatic N) is 1. The molecule has 1 aromatic carbocycles. The van der Waals surface area contributed by atoms with Crippen molar-refractivity contribution >= 4 is 5.69 Å². The highest BCUT2D eigenvalue weighted by Crippen LogP contribution is 2.42. The average molecular weight is 231 g/mol. The first-order valence-electron chi connectivity index (χ1n) is 4.38. The summed E-state index contributed by atoms with van der Waals surface area (Å²) in [5, 5.41) is 10.6. The maximum atomic E-state index is 12.9. The van der Waals surface area contributed by atoms with E-state index < -0.39 is 17.6 Å². The molecule has 1 aliphatic heterocycles. The van der Waals surface area contributed by atoms with Crippen LogP contribution in [0, 0.1) is 17.0 Å². The number of nitro groups is 1. The maximum absolute atomic E-state index is 12.9. The van der Waals surface area contributed by atoms with E-state index in [1.54, 1.807) is 0 Å². The van der Waals surface area contributed by atoms with Gasteiger partial charge in [-0.15, -0.1) is 0 Å². The Labute approximate surface area is 88.7 Å². The van der Waals surface area contributed by atoms with Crippen LogP contribution in [0.25, 0.3) is 0 Å². The van der Waals surface area contributed by atoms with Crippen molar-refractivity contribution < 1.29 is 23.2 Å². The predicted molar refractivity (Wildman–Crippen MR) is 48.9 cm³/mol. The fourth-order valence-corrected chi connectivity index (χ4v) is 1.44. The van der Waals surface area contributed by atoms with Crippen molar-refractivity contribution in [1.82, 2.24) is 0 Å². The Morgan fingerprint density at radius 2 is 2.19 bits per heavy atom. The summed E-state index contributed by atoms with van der Waals surface area (Å²) in [7, 11) is 0. The molecule has 0 unspecified atom stereocenters. The Kier molecular flexibility index (Phi) is 2.18. The zero-order valence-corrected chi connectivity index (χ0v) is 8.20. The van der Waals surface area contributed by atoms with Gasteiger partial charge in [0.2, 0.25) is 0 Å². The summed E-state index contributed by atoms with van der Waals surface area (Å²) in [6, 6.07) is 2.44. The Bertz CT molecular complexity index is 461. The minimum Gasteiger partial charge on any atom is -0.479 e. The summed E-state index contributed by atoms with van der Waals surface area (Å²) < 4.78 is 34.9. The van der Waals surface area contributed by atoms with Crippen molar-refractivity contribution in [2.24, 2.45) is 0 Å². The van der Waals surface area contributed by atoms with Gasteiger partial charge >= 0.3 is 6.11 Å². The Hall–Kier alpha value is -1.92. The number of ether oxygens (including phenoxy) is 2. The van der Waals surface area contributed by atoms with Crippen molar-refractivity contribution in [1.29, 1.82) is 0 Å². The van der Waals surface area contributed by atoms with Crippen molar-refractivity contribution in [2.45, 2.75) is 13.0 Å². The van der Waals surface area contributed by atoms with Gasteiger partial charge in [-0.05, 0) is 13.0 Å². The Morgan fingerprint density at radius 1 is 1.50 bits per heavy atom. The summed E-state index contributed by atoms with van der Waals surface area (Å²) in [4.78, 5) is 9.93. The van der Waals surface area contributed by atoms with E-state index in [1.807, 2.05) is 0 Å². The van der Waals surface area contributed by atoms with Gasteiger partial charge in [0.25, 0.3) is 5.69 Å². The number of halogens is 2. The Morgan fingerprint density at radius 3 is 2.81 bits per heavy atom. The molecule has 0 spiro atoms. The van der Waals surface area contributed by atoms with E-state index in [0.717, 1.165) is 0 Å². The molecule has 0 fully saturated rings. The highest BCUT2D eigenvalue weighted by atomic mass is 19.3. The van der Waals surface area contributed by atoms with Crippen molar-refractivity contribution in [3.63, 3.8) is 0 Å². The number of nitro benzene ring substituents is 1. The molecular weight excluding hydrogens is 224 g/mol. The normalized spacial score (nSPS) is 16.9. The van der Waals surface area contributed by atoms with Crippen LogP contribution in [0.3, 0.4) is 0 Å². The second kappa shape index (κ2) is 3.29. The molecule has 0 aliphatic carbocycles. The first-order chi connectivity index (χ1) is 7.41. The number of alkyl halides is 2. The minimum atomic E-state index is -3.45. The molecule has 0 aromatic heterocycles. The van der Waals surface area contributed by atoms with Crippen molar-refractivity contribution in [2.75, 3.05) is 6.61 Å². The molecule has 16 heavy (non-hydrogen) atoms. The number of benzene rings is 1. The number of fused-ring (bicyclic) bond motifs is 1. The second-order valence-corrected chi connectivity index (χ2v) is 3.32. The van der Waals surface area contributed by atoms with Crippen LogP contribution in [-0.2, 0) is 0 Å². The van der Waals surface area contributed by atoms with Gasteiger partial charge in [0.1, 0.15) is 0 Å². The molecule has 7 heteroatoms. The fraction of sp³-hybridized carbons (Fsp3) is 0.333.